The molecule has 73 heavy (non-hydrogen) atoms. The maximum absolute atomic E-state index is 10.5. The van der Waals surface area contributed by atoms with Crippen LogP contribution < -0.4 is 0 Å². The zero-order valence-electron chi connectivity index (χ0n) is 50.4. The summed E-state index contributed by atoms with van der Waals surface area (Å²) in [5, 5.41) is 97.5. The third-order valence-corrected chi connectivity index (χ3v) is 9.42. The molecule has 0 fully saturated rings. The van der Waals surface area contributed by atoms with Gasteiger partial charge in [-0.1, -0.05) is 161 Å². The molecular formula is C61H120O12. The van der Waals surface area contributed by atoms with E-state index in [0.717, 1.165) is 88.2 Å². The first-order valence-corrected chi connectivity index (χ1v) is 27.4. The number of hydrogen-bond acceptors (Lipinski definition) is 12. The fraction of sp³-hybridized carbons (Fsp3) is 0.721. The number of aliphatic hydroxyl groups excluding tert-OH is 11. The zero-order chi connectivity index (χ0) is 58.9. The Bertz CT molecular complexity index is 1380. The Balaban J connectivity index is -0.000000110. The van der Waals surface area contributed by atoms with Gasteiger partial charge in [0.1, 0.15) is 23.7 Å². The van der Waals surface area contributed by atoms with Crippen molar-refractivity contribution in [3.63, 3.8) is 0 Å². The molecule has 11 N–H and O–H groups in total. The SMILES string of the molecule is CCC(=O)/C=C/C(C)O.CCC(O)/C=C/C(C)O.CCC/C(=C/C(C)O)CC.CCC/C(C)=C(\O)C(C)O.CCC/C(C)=C/C(C)O.CCC/C=C(\C)C(C)O.CCC/C=C(\O)C(C)O.CCC/C=C/C(C)O. The number of hydrogen-bond donors (Lipinski definition) is 11. The van der Waals surface area contributed by atoms with Crippen LogP contribution in [-0.2, 0) is 4.79 Å². The third kappa shape index (κ3) is 88.8. The summed E-state index contributed by atoms with van der Waals surface area (Å²) in [7, 11) is 0. The van der Waals surface area contributed by atoms with Crippen LogP contribution in [0, 0.1) is 0 Å². The van der Waals surface area contributed by atoms with Gasteiger partial charge in [0.15, 0.2) is 5.78 Å². The van der Waals surface area contributed by atoms with Crippen molar-refractivity contribution in [2.45, 2.75) is 290 Å². The van der Waals surface area contributed by atoms with Gasteiger partial charge in [-0.05, 0) is 151 Å². The molecule has 0 spiro atoms. The lowest BCUT2D eigenvalue weighted by atomic mass is 10.1. The van der Waals surface area contributed by atoms with Crippen LogP contribution in [-0.4, -0.2) is 117 Å². The van der Waals surface area contributed by atoms with Crippen LogP contribution in [0.4, 0.5) is 0 Å². The highest BCUT2D eigenvalue weighted by Crippen LogP contribution is 2.11. The van der Waals surface area contributed by atoms with Crippen molar-refractivity contribution in [2.75, 3.05) is 0 Å². The van der Waals surface area contributed by atoms with Gasteiger partial charge >= 0.3 is 0 Å². The van der Waals surface area contributed by atoms with Crippen molar-refractivity contribution in [1.82, 2.24) is 0 Å². The Hall–Kier alpha value is -3.17. The second-order valence-corrected chi connectivity index (χ2v) is 18.2. The molecule has 0 saturated heterocycles. The fourth-order valence-corrected chi connectivity index (χ4v) is 5.04. The molecule has 0 radical (unpaired) electrons. The van der Waals surface area contributed by atoms with Gasteiger partial charge in [0.2, 0.25) is 0 Å². The molecule has 0 aliphatic rings. The molecule has 0 aliphatic heterocycles. The second-order valence-electron chi connectivity index (χ2n) is 18.2. The maximum atomic E-state index is 10.5. The molecule has 0 aromatic rings. The summed E-state index contributed by atoms with van der Waals surface area (Å²) in [6.45, 7) is 37.7. The summed E-state index contributed by atoms with van der Waals surface area (Å²) in [6.07, 6.45) is 28.5. The second kappa shape index (κ2) is 64.9. The van der Waals surface area contributed by atoms with Crippen LogP contribution in [0.1, 0.15) is 235 Å². The van der Waals surface area contributed by atoms with Crippen molar-refractivity contribution in [3.8, 4) is 0 Å². The average Bonchev–Trinajstić information content (AvgIpc) is 3.31. The molecule has 9 unspecified atom stereocenters. The fourth-order valence-electron chi connectivity index (χ4n) is 5.04. The Morgan fingerprint density at radius 2 is 0.904 bits per heavy atom. The molecule has 0 saturated carbocycles. The van der Waals surface area contributed by atoms with Crippen molar-refractivity contribution in [1.29, 1.82) is 0 Å². The van der Waals surface area contributed by atoms with Crippen LogP contribution in [0.5, 0.6) is 0 Å². The van der Waals surface area contributed by atoms with E-state index in [1.807, 2.05) is 58.9 Å². The lowest BCUT2D eigenvalue weighted by Gasteiger charge is -2.06. The largest absolute Gasteiger partial charge is 0.510 e. The smallest absolute Gasteiger partial charge is 0.155 e. The van der Waals surface area contributed by atoms with Crippen LogP contribution in [0.2, 0.25) is 0 Å². The lowest BCUT2D eigenvalue weighted by molar-refractivity contribution is -0.114. The predicted octanol–water partition coefficient (Wildman–Crippen LogP) is 13.7. The molecule has 0 bridgehead atoms. The van der Waals surface area contributed by atoms with Crippen LogP contribution in [0.25, 0.3) is 0 Å². The number of rotatable bonds is 25. The molecule has 0 rings (SSSR count). The first-order valence-electron chi connectivity index (χ1n) is 27.4. The number of ketones is 1. The third-order valence-electron chi connectivity index (χ3n) is 9.42. The number of aliphatic hydroxyl groups is 11. The van der Waals surface area contributed by atoms with E-state index in [1.165, 1.54) is 29.7 Å². The molecule has 0 heterocycles. The maximum Gasteiger partial charge on any atom is 0.155 e. The van der Waals surface area contributed by atoms with Gasteiger partial charge in [-0.25, -0.2) is 0 Å². The number of unbranched alkanes of at least 4 members (excludes halogenated alkanes) is 3. The molecule has 0 aromatic heterocycles. The van der Waals surface area contributed by atoms with Crippen molar-refractivity contribution >= 4 is 5.78 Å². The monoisotopic (exact) mass is 1040 g/mol. The summed E-state index contributed by atoms with van der Waals surface area (Å²) in [6, 6.07) is 0. The summed E-state index contributed by atoms with van der Waals surface area (Å²) in [5.74, 6) is 0.259. The van der Waals surface area contributed by atoms with E-state index in [1.54, 1.807) is 80.5 Å². The molecule has 0 aromatic carbocycles. The van der Waals surface area contributed by atoms with E-state index in [2.05, 4.69) is 47.6 Å². The standard InChI is InChI=1S/C9H18O.C8H16O2.2C8H16O.C7H14O2.C7H12O2.C7H14O2.C7H14O/c1-4-6-9(5-2)7-8(3)10;1-4-5-6(2)8(10)7(3)9;1-4-5-7(2)6-8(3)9;1-4-5-6-7(2)8(3)9;2*1-3-7(9)5-4-6(2)8;1-3-4-5-7(9)6(2)8;1-3-4-5-6-7(2)8/h7-8,10H,4-6H2,1-3H3;7,9-10H,4-5H2,1-3H3;2*6,8-9H,4-5H2,1-3H3;4-9H,3H2,1-2H3;4-6,8H,3H2,1-2H3;5-6,8-9H,3-4H2,1-2H3;5-8H,3-4H2,1-2H3/b9-7+;8-6-;2*7-6+;2*5-4+;7-5-;6-5+. The summed E-state index contributed by atoms with van der Waals surface area (Å²) in [4.78, 5) is 10.5. The lowest BCUT2D eigenvalue weighted by Crippen LogP contribution is -2.05. The molecule has 9 atom stereocenters. The van der Waals surface area contributed by atoms with Gasteiger partial charge in [0, 0.05) is 6.42 Å². The molecular weight excluding hydrogens is 925 g/mol. The summed E-state index contributed by atoms with van der Waals surface area (Å²) < 4.78 is 0. The summed E-state index contributed by atoms with van der Waals surface area (Å²) >= 11 is 0. The molecule has 12 heteroatoms. The Morgan fingerprint density at radius 3 is 1.23 bits per heavy atom. The average molecular weight is 1050 g/mol. The van der Waals surface area contributed by atoms with Crippen molar-refractivity contribution in [2.24, 2.45) is 0 Å². The minimum atomic E-state index is -0.716. The number of carbonyl (C=O) groups excluding carboxylic acids is 1. The number of carbonyl (C=O) groups is 1. The predicted molar refractivity (Wildman–Crippen MR) is 314 cm³/mol. The summed E-state index contributed by atoms with van der Waals surface area (Å²) in [5.41, 5.74) is 4.62. The van der Waals surface area contributed by atoms with Gasteiger partial charge in [-0.3, -0.25) is 4.79 Å². The van der Waals surface area contributed by atoms with Gasteiger partial charge in [0.25, 0.3) is 0 Å². The van der Waals surface area contributed by atoms with Gasteiger partial charge in [-0.2, -0.15) is 0 Å². The quantitative estimate of drug-likeness (QED) is 0.0233. The van der Waals surface area contributed by atoms with E-state index in [4.69, 9.17) is 56.2 Å². The van der Waals surface area contributed by atoms with Gasteiger partial charge < -0.3 is 56.2 Å². The van der Waals surface area contributed by atoms with E-state index < -0.39 is 30.5 Å². The Labute approximate surface area is 449 Å². The van der Waals surface area contributed by atoms with Crippen molar-refractivity contribution < 1.29 is 61.0 Å². The zero-order valence-corrected chi connectivity index (χ0v) is 50.4. The van der Waals surface area contributed by atoms with E-state index in [-0.39, 0.29) is 41.7 Å². The van der Waals surface area contributed by atoms with E-state index in [0.29, 0.717) is 12.8 Å². The van der Waals surface area contributed by atoms with Crippen molar-refractivity contribution in [3.05, 3.63) is 94.6 Å². The first-order chi connectivity index (χ1) is 33.9. The Kier molecular flexibility index (Phi) is 77.0. The van der Waals surface area contributed by atoms with Crippen LogP contribution in [0.15, 0.2) is 94.6 Å². The molecule has 12 nitrogen and oxygen atoms in total. The molecule has 436 valence electrons. The minimum Gasteiger partial charge on any atom is -0.510 e. The molecule has 0 amide bonds. The Morgan fingerprint density at radius 1 is 0.452 bits per heavy atom. The first kappa shape index (κ1) is 86.5. The number of allylic oxidation sites excluding steroid dienone is 7. The van der Waals surface area contributed by atoms with Crippen LogP contribution >= 0.6 is 0 Å². The van der Waals surface area contributed by atoms with Crippen LogP contribution in [0.3, 0.4) is 0 Å². The van der Waals surface area contributed by atoms with Gasteiger partial charge in [0.05, 0.1) is 42.7 Å². The van der Waals surface area contributed by atoms with E-state index >= 15 is 0 Å². The highest BCUT2D eigenvalue weighted by atomic mass is 16.3. The normalized spacial score (nSPS) is 15.8. The highest BCUT2D eigenvalue weighted by Gasteiger charge is 2.05. The van der Waals surface area contributed by atoms with E-state index in [9.17, 15) is 4.79 Å². The highest BCUT2D eigenvalue weighted by molar-refractivity contribution is 5.89. The topological polar surface area (TPSA) is 240 Å². The minimum absolute atomic E-state index is 0.0518. The van der Waals surface area contributed by atoms with Gasteiger partial charge in [-0.15, -0.1) is 0 Å². The molecule has 0 aliphatic carbocycles.